The zero-order valence-corrected chi connectivity index (χ0v) is 9.83. The van der Waals surface area contributed by atoms with E-state index in [0.717, 1.165) is 0 Å². The molecule has 0 aromatic heterocycles. The van der Waals surface area contributed by atoms with Crippen molar-refractivity contribution in [3.63, 3.8) is 0 Å². The number of rotatable bonds is 3. The van der Waals surface area contributed by atoms with Gasteiger partial charge in [-0.3, -0.25) is 4.79 Å². The molecule has 0 radical (unpaired) electrons. The lowest BCUT2D eigenvalue weighted by molar-refractivity contribution is 0.0971. The van der Waals surface area contributed by atoms with Crippen LogP contribution in [0.15, 0.2) is 24.3 Å². The molecule has 76 valence electrons. The third-order valence-electron chi connectivity index (χ3n) is 1.88. The van der Waals surface area contributed by atoms with Gasteiger partial charge in [-0.25, -0.2) is 0 Å². The summed E-state index contributed by atoms with van der Waals surface area (Å²) in [5.74, 6) is -0.292. The van der Waals surface area contributed by atoms with Crippen molar-refractivity contribution in [1.82, 2.24) is 0 Å². The maximum atomic E-state index is 11.7. The molecule has 0 spiro atoms. The fourth-order valence-corrected chi connectivity index (χ4v) is 1.32. The summed E-state index contributed by atoms with van der Waals surface area (Å²) in [4.78, 5) is 11.7. The average molecular weight is 252 g/mol. The summed E-state index contributed by atoms with van der Waals surface area (Å²) < 4.78 is -1.34. The van der Waals surface area contributed by atoms with E-state index in [1.807, 2.05) is 0 Å². The van der Waals surface area contributed by atoms with E-state index in [9.17, 15) is 4.79 Å². The number of hydrogen-bond donors (Lipinski definition) is 0. The molecule has 4 heteroatoms. The summed E-state index contributed by atoms with van der Waals surface area (Å²) in [5.41, 5.74) is 0.473. The first kappa shape index (κ1) is 11.8. The summed E-state index contributed by atoms with van der Waals surface area (Å²) in [5, 5.41) is 0.577. The van der Waals surface area contributed by atoms with E-state index in [-0.39, 0.29) is 5.78 Å². The number of Topliss-reactive ketones (excluding diaryl/α,β-unsaturated/α-hetero) is 1. The van der Waals surface area contributed by atoms with Gasteiger partial charge in [-0.1, -0.05) is 41.7 Å². The molecule has 14 heavy (non-hydrogen) atoms. The molecule has 0 aliphatic rings. The van der Waals surface area contributed by atoms with Crippen LogP contribution in [0.1, 0.15) is 23.7 Å². The second-order valence-corrected chi connectivity index (χ2v) is 4.81. The summed E-state index contributed by atoms with van der Waals surface area (Å²) in [7, 11) is 0. The molecule has 0 amide bonds. The highest BCUT2D eigenvalue weighted by atomic mass is 35.5. The first-order valence-electron chi connectivity index (χ1n) is 4.15. The number of halogens is 3. The standard InChI is InChI=1S/C10H9Cl3O/c1-2-10(12,13)9(14)7-3-5-8(11)6-4-7/h3-6H,2H2,1H3. The minimum Gasteiger partial charge on any atom is -0.291 e. The van der Waals surface area contributed by atoms with Crippen molar-refractivity contribution in [3.05, 3.63) is 34.9 Å². The molecule has 0 aliphatic heterocycles. The van der Waals surface area contributed by atoms with Gasteiger partial charge in [0.1, 0.15) is 0 Å². The van der Waals surface area contributed by atoms with Crippen LogP contribution in [0.3, 0.4) is 0 Å². The van der Waals surface area contributed by atoms with Crippen LogP contribution in [0.5, 0.6) is 0 Å². The van der Waals surface area contributed by atoms with Crippen molar-refractivity contribution in [2.75, 3.05) is 0 Å². The predicted octanol–water partition coefficient (Wildman–Crippen LogP) is 4.11. The fraction of sp³-hybridized carbons (Fsp3) is 0.300. The highest BCUT2D eigenvalue weighted by Gasteiger charge is 2.31. The van der Waals surface area contributed by atoms with Gasteiger partial charge in [0.15, 0.2) is 10.1 Å². The van der Waals surface area contributed by atoms with Gasteiger partial charge in [0.05, 0.1) is 0 Å². The van der Waals surface area contributed by atoms with Crippen molar-refractivity contribution >= 4 is 40.6 Å². The highest BCUT2D eigenvalue weighted by Crippen LogP contribution is 2.29. The van der Waals surface area contributed by atoms with E-state index in [1.54, 1.807) is 31.2 Å². The largest absolute Gasteiger partial charge is 0.291 e. The minimum absolute atomic E-state index is 0.292. The Morgan fingerprint density at radius 2 is 1.79 bits per heavy atom. The van der Waals surface area contributed by atoms with Crippen molar-refractivity contribution in [3.8, 4) is 0 Å². The zero-order valence-electron chi connectivity index (χ0n) is 7.56. The number of benzene rings is 1. The molecule has 0 heterocycles. The lowest BCUT2D eigenvalue weighted by Gasteiger charge is -2.15. The fourth-order valence-electron chi connectivity index (χ4n) is 0.973. The van der Waals surface area contributed by atoms with Gasteiger partial charge in [0.25, 0.3) is 0 Å². The number of hydrogen-bond acceptors (Lipinski definition) is 1. The molecule has 0 aliphatic carbocycles. The van der Waals surface area contributed by atoms with Crippen LogP contribution in [-0.4, -0.2) is 10.1 Å². The summed E-state index contributed by atoms with van der Waals surface area (Å²) in [6.45, 7) is 1.76. The first-order chi connectivity index (χ1) is 6.47. The van der Waals surface area contributed by atoms with Gasteiger partial charge in [0, 0.05) is 10.6 Å². The Morgan fingerprint density at radius 1 is 1.29 bits per heavy atom. The first-order valence-corrected chi connectivity index (χ1v) is 5.29. The molecule has 0 saturated heterocycles. The van der Waals surface area contributed by atoms with Crippen molar-refractivity contribution in [2.24, 2.45) is 0 Å². The second-order valence-electron chi connectivity index (χ2n) is 2.89. The topological polar surface area (TPSA) is 17.1 Å². The molecule has 0 N–H and O–H groups in total. The Bertz CT molecular complexity index is 330. The smallest absolute Gasteiger partial charge is 0.198 e. The third-order valence-corrected chi connectivity index (χ3v) is 3.01. The SMILES string of the molecule is CCC(Cl)(Cl)C(=O)c1ccc(Cl)cc1. The quantitative estimate of drug-likeness (QED) is 0.584. The van der Waals surface area contributed by atoms with Gasteiger partial charge < -0.3 is 0 Å². The number of carbonyl (C=O) groups is 1. The molecule has 1 nitrogen and oxygen atoms in total. The molecule has 1 aromatic rings. The van der Waals surface area contributed by atoms with Crippen LogP contribution in [0.25, 0.3) is 0 Å². The Morgan fingerprint density at radius 3 is 2.21 bits per heavy atom. The van der Waals surface area contributed by atoms with Crippen LogP contribution in [0, 0.1) is 0 Å². The molecule has 1 aromatic carbocycles. The molecule has 0 atom stereocenters. The van der Waals surface area contributed by atoms with Gasteiger partial charge in [0.2, 0.25) is 0 Å². The van der Waals surface area contributed by atoms with E-state index in [4.69, 9.17) is 34.8 Å². The Labute approximate surface area is 98.0 Å². The third kappa shape index (κ3) is 2.63. The summed E-state index contributed by atoms with van der Waals surface area (Å²) >= 11 is 17.3. The molecular weight excluding hydrogens is 242 g/mol. The number of carbonyl (C=O) groups excluding carboxylic acids is 1. The summed E-state index contributed by atoms with van der Waals surface area (Å²) in [6.07, 6.45) is 0.373. The maximum absolute atomic E-state index is 11.7. The van der Waals surface area contributed by atoms with E-state index in [2.05, 4.69) is 0 Å². The lowest BCUT2D eigenvalue weighted by atomic mass is 10.1. The molecule has 0 saturated carbocycles. The lowest BCUT2D eigenvalue weighted by Crippen LogP contribution is -2.24. The van der Waals surface area contributed by atoms with Crippen molar-refractivity contribution < 1.29 is 4.79 Å². The number of ketones is 1. The predicted molar refractivity (Wildman–Crippen MR) is 60.5 cm³/mol. The maximum Gasteiger partial charge on any atom is 0.198 e. The highest BCUT2D eigenvalue weighted by molar-refractivity contribution is 6.59. The minimum atomic E-state index is -1.34. The van der Waals surface area contributed by atoms with E-state index < -0.39 is 4.33 Å². The van der Waals surface area contributed by atoms with Crippen LogP contribution in [0.4, 0.5) is 0 Å². The Balaban J connectivity index is 2.96. The Kier molecular flexibility index (Phi) is 3.82. The second kappa shape index (κ2) is 4.52. The molecule has 0 unspecified atom stereocenters. The molecule has 1 rings (SSSR count). The molecule has 0 fully saturated rings. The van der Waals surface area contributed by atoms with E-state index in [1.165, 1.54) is 0 Å². The normalized spacial score (nSPS) is 11.4. The van der Waals surface area contributed by atoms with E-state index >= 15 is 0 Å². The van der Waals surface area contributed by atoms with E-state index in [0.29, 0.717) is 17.0 Å². The molecule has 0 bridgehead atoms. The summed E-state index contributed by atoms with van der Waals surface area (Å²) in [6, 6.07) is 6.49. The number of alkyl halides is 2. The van der Waals surface area contributed by atoms with Gasteiger partial charge >= 0.3 is 0 Å². The van der Waals surface area contributed by atoms with Crippen molar-refractivity contribution in [1.29, 1.82) is 0 Å². The van der Waals surface area contributed by atoms with Gasteiger partial charge in [-0.05, 0) is 30.7 Å². The average Bonchev–Trinajstić information content (AvgIpc) is 2.18. The monoisotopic (exact) mass is 250 g/mol. The van der Waals surface area contributed by atoms with Crippen LogP contribution in [0.2, 0.25) is 5.02 Å². The van der Waals surface area contributed by atoms with Crippen LogP contribution >= 0.6 is 34.8 Å². The van der Waals surface area contributed by atoms with Gasteiger partial charge in [-0.15, -0.1) is 0 Å². The molecular formula is C10H9Cl3O. The van der Waals surface area contributed by atoms with Crippen LogP contribution < -0.4 is 0 Å². The Hall–Kier alpha value is -0.240. The van der Waals surface area contributed by atoms with Gasteiger partial charge in [-0.2, -0.15) is 0 Å². The van der Waals surface area contributed by atoms with Crippen molar-refractivity contribution in [2.45, 2.75) is 17.7 Å². The van der Waals surface area contributed by atoms with Crippen LogP contribution in [-0.2, 0) is 0 Å². The zero-order chi connectivity index (χ0) is 10.8.